The van der Waals surface area contributed by atoms with E-state index in [9.17, 15) is 13.2 Å². The average Bonchev–Trinajstić information content (AvgIpc) is 2.97. The molecule has 0 spiro atoms. The van der Waals surface area contributed by atoms with Crippen LogP contribution >= 0.6 is 11.8 Å². The molecule has 2 aromatic heterocycles. The zero-order chi connectivity index (χ0) is 13.9. The van der Waals surface area contributed by atoms with Crippen molar-refractivity contribution in [3.63, 3.8) is 0 Å². The Bertz CT molecular complexity index is 509. The molecule has 0 aliphatic heterocycles. The Morgan fingerprint density at radius 3 is 2.79 bits per heavy atom. The maximum Gasteiger partial charge on any atom is 0.415 e. The highest BCUT2D eigenvalue weighted by molar-refractivity contribution is 7.98. The molecule has 2 aromatic rings. The van der Waals surface area contributed by atoms with Gasteiger partial charge in [-0.1, -0.05) is 5.16 Å². The Labute approximate surface area is 110 Å². The number of aromatic nitrogens is 1. The molecule has 19 heavy (non-hydrogen) atoms. The summed E-state index contributed by atoms with van der Waals surface area (Å²) in [7, 11) is 0. The Hall–Kier alpha value is -1.41. The van der Waals surface area contributed by atoms with Crippen molar-refractivity contribution in [2.75, 3.05) is 5.75 Å². The van der Waals surface area contributed by atoms with Crippen molar-refractivity contribution >= 4 is 11.8 Å². The highest BCUT2D eigenvalue weighted by atomic mass is 32.2. The van der Waals surface area contributed by atoms with Crippen molar-refractivity contribution in [2.45, 2.75) is 18.0 Å². The fourth-order valence-corrected chi connectivity index (χ4v) is 2.16. The van der Waals surface area contributed by atoms with Crippen LogP contribution in [0.5, 0.6) is 0 Å². The van der Waals surface area contributed by atoms with E-state index in [1.165, 1.54) is 6.26 Å². The third-order valence-electron chi connectivity index (χ3n) is 2.23. The molecule has 0 amide bonds. The molecule has 104 valence electrons. The lowest BCUT2D eigenvalue weighted by molar-refractivity contribution is -0.195. The zero-order valence-electron chi connectivity index (χ0n) is 9.55. The van der Waals surface area contributed by atoms with Gasteiger partial charge in [-0.15, -0.1) is 0 Å². The molecule has 0 aromatic carbocycles. The molecule has 0 bridgehead atoms. The van der Waals surface area contributed by atoms with Gasteiger partial charge in [0.2, 0.25) is 5.76 Å². The van der Waals surface area contributed by atoms with E-state index in [2.05, 4.69) is 5.16 Å². The average molecular weight is 293 g/mol. The summed E-state index contributed by atoms with van der Waals surface area (Å²) in [6.45, 7) is 0. The van der Waals surface area contributed by atoms with Gasteiger partial charge in [0, 0.05) is 17.6 Å². The predicted molar refractivity (Wildman–Crippen MR) is 62.4 cm³/mol. The predicted octanol–water partition coefficient (Wildman–Crippen LogP) is 3.09. The molecular formula is C11H10F3NO3S. The first-order chi connectivity index (χ1) is 8.97. The highest BCUT2D eigenvalue weighted by Gasteiger charge is 2.37. The fourth-order valence-electron chi connectivity index (χ4n) is 1.28. The molecule has 1 atom stereocenters. The van der Waals surface area contributed by atoms with Gasteiger partial charge in [0.05, 0.1) is 12.0 Å². The first-order valence-corrected chi connectivity index (χ1v) is 6.44. The van der Waals surface area contributed by atoms with Crippen LogP contribution in [0.15, 0.2) is 33.4 Å². The van der Waals surface area contributed by atoms with Gasteiger partial charge in [0.25, 0.3) is 0 Å². The second kappa shape index (κ2) is 5.70. The summed E-state index contributed by atoms with van der Waals surface area (Å²) in [5.74, 6) is 0.695. The Kier molecular flexibility index (Phi) is 4.20. The summed E-state index contributed by atoms with van der Waals surface area (Å²) >= 11 is 0.929. The molecule has 2 heterocycles. The van der Waals surface area contributed by atoms with Crippen LogP contribution in [-0.2, 0) is 5.75 Å². The third kappa shape index (κ3) is 3.77. The standard InChI is InChI=1S/C11H10F3NO3S/c12-11(13,14)10(16)6-19-5-7-4-9(18-15-7)8-2-1-3-17-8/h1-4,10,16H,5-6H2/t10-/m1/s1. The van der Waals surface area contributed by atoms with Crippen LogP contribution in [0.2, 0.25) is 0 Å². The lowest BCUT2D eigenvalue weighted by Gasteiger charge is -2.13. The van der Waals surface area contributed by atoms with Gasteiger partial charge in [-0.05, 0) is 12.1 Å². The van der Waals surface area contributed by atoms with Gasteiger partial charge in [-0.25, -0.2) is 0 Å². The first-order valence-electron chi connectivity index (χ1n) is 5.29. The molecule has 0 aliphatic carbocycles. The number of rotatable bonds is 5. The largest absolute Gasteiger partial charge is 0.461 e. The first kappa shape index (κ1) is 14.0. The minimum Gasteiger partial charge on any atom is -0.461 e. The van der Waals surface area contributed by atoms with E-state index in [4.69, 9.17) is 14.0 Å². The molecule has 8 heteroatoms. The fraction of sp³-hybridized carbons (Fsp3) is 0.364. The number of aliphatic hydroxyl groups is 1. The molecule has 0 saturated heterocycles. The van der Waals surface area contributed by atoms with E-state index in [0.717, 1.165) is 11.8 Å². The smallest absolute Gasteiger partial charge is 0.415 e. The maximum absolute atomic E-state index is 12.1. The second-order valence-electron chi connectivity index (χ2n) is 3.73. The summed E-state index contributed by atoms with van der Waals surface area (Å²) in [4.78, 5) is 0. The van der Waals surface area contributed by atoms with Gasteiger partial charge in [0.15, 0.2) is 11.9 Å². The lowest BCUT2D eigenvalue weighted by Crippen LogP contribution is -2.30. The second-order valence-corrected chi connectivity index (χ2v) is 4.76. The summed E-state index contributed by atoms with van der Waals surface area (Å²) in [6.07, 6.45) is -5.43. The SMILES string of the molecule is O[C@H](CSCc1cc(-c2ccco2)on1)C(F)(F)F. The highest BCUT2D eigenvalue weighted by Crippen LogP contribution is 2.26. The summed E-state index contributed by atoms with van der Waals surface area (Å²) in [6, 6.07) is 4.96. The number of halogens is 3. The van der Waals surface area contributed by atoms with E-state index in [1.54, 1.807) is 18.2 Å². The molecule has 0 saturated carbocycles. The van der Waals surface area contributed by atoms with E-state index in [1.807, 2.05) is 0 Å². The van der Waals surface area contributed by atoms with Gasteiger partial charge >= 0.3 is 6.18 Å². The molecule has 0 fully saturated rings. The normalized spacial score (nSPS) is 13.7. The van der Waals surface area contributed by atoms with Crippen LogP contribution in [-0.4, -0.2) is 28.3 Å². The van der Waals surface area contributed by atoms with Crippen LogP contribution in [0.1, 0.15) is 5.69 Å². The van der Waals surface area contributed by atoms with E-state index < -0.39 is 18.0 Å². The van der Waals surface area contributed by atoms with Crippen LogP contribution in [0.3, 0.4) is 0 Å². The van der Waals surface area contributed by atoms with Crippen molar-refractivity contribution in [3.8, 4) is 11.5 Å². The van der Waals surface area contributed by atoms with Gasteiger partial charge in [0.1, 0.15) is 0 Å². The van der Waals surface area contributed by atoms with Gasteiger partial charge in [-0.3, -0.25) is 0 Å². The number of furan rings is 1. The lowest BCUT2D eigenvalue weighted by atomic mass is 10.3. The van der Waals surface area contributed by atoms with E-state index in [-0.39, 0.29) is 5.75 Å². The Balaban J connectivity index is 1.85. The molecule has 2 rings (SSSR count). The van der Waals surface area contributed by atoms with E-state index in [0.29, 0.717) is 17.2 Å². The number of hydrogen-bond acceptors (Lipinski definition) is 5. The Morgan fingerprint density at radius 2 is 2.16 bits per heavy atom. The zero-order valence-corrected chi connectivity index (χ0v) is 10.4. The van der Waals surface area contributed by atoms with Crippen molar-refractivity contribution < 1.29 is 27.2 Å². The van der Waals surface area contributed by atoms with Crippen molar-refractivity contribution in [3.05, 3.63) is 30.2 Å². The maximum atomic E-state index is 12.1. The van der Waals surface area contributed by atoms with Crippen LogP contribution in [0.4, 0.5) is 13.2 Å². The molecule has 0 radical (unpaired) electrons. The summed E-state index contributed by atoms with van der Waals surface area (Å²) in [5.41, 5.74) is 0.491. The number of hydrogen-bond donors (Lipinski definition) is 1. The van der Waals surface area contributed by atoms with Crippen molar-refractivity contribution in [1.82, 2.24) is 5.16 Å². The number of alkyl halides is 3. The van der Waals surface area contributed by atoms with Crippen LogP contribution < -0.4 is 0 Å². The van der Waals surface area contributed by atoms with E-state index >= 15 is 0 Å². The molecule has 4 nitrogen and oxygen atoms in total. The van der Waals surface area contributed by atoms with Crippen LogP contribution in [0, 0.1) is 0 Å². The van der Waals surface area contributed by atoms with Crippen molar-refractivity contribution in [1.29, 1.82) is 0 Å². The minimum atomic E-state index is -4.59. The molecular weight excluding hydrogens is 283 g/mol. The number of nitrogens with zero attached hydrogens (tertiary/aromatic N) is 1. The number of thioether (sulfide) groups is 1. The quantitative estimate of drug-likeness (QED) is 0.918. The summed E-state index contributed by atoms with van der Waals surface area (Å²) in [5, 5.41) is 12.5. The molecule has 0 unspecified atom stereocenters. The topological polar surface area (TPSA) is 59.4 Å². The Morgan fingerprint density at radius 1 is 1.37 bits per heavy atom. The van der Waals surface area contributed by atoms with Crippen LogP contribution in [0.25, 0.3) is 11.5 Å². The number of aliphatic hydroxyl groups excluding tert-OH is 1. The van der Waals surface area contributed by atoms with Gasteiger partial charge < -0.3 is 14.0 Å². The van der Waals surface area contributed by atoms with Crippen molar-refractivity contribution in [2.24, 2.45) is 0 Å². The third-order valence-corrected chi connectivity index (χ3v) is 3.28. The molecule has 0 aliphatic rings. The minimum absolute atomic E-state index is 0.220. The molecule has 1 N–H and O–H groups in total. The summed E-state index contributed by atoms with van der Waals surface area (Å²) < 4.78 is 46.2. The van der Waals surface area contributed by atoms with Gasteiger partial charge in [-0.2, -0.15) is 24.9 Å². The monoisotopic (exact) mass is 293 g/mol.